The molecule has 0 aromatic heterocycles. The van der Waals surface area contributed by atoms with Gasteiger partial charge in [0, 0.05) is 5.56 Å². The molecule has 2 rings (SSSR count). The predicted octanol–water partition coefficient (Wildman–Crippen LogP) is 3.58. The zero-order valence-electron chi connectivity index (χ0n) is 12.2. The van der Waals surface area contributed by atoms with Crippen LogP contribution < -0.4 is 5.32 Å². The monoisotopic (exact) mass is 294 g/mol. The van der Waals surface area contributed by atoms with Crippen LogP contribution in [0.5, 0.6) is 0 Å². The molecule has 0 spiro atoms. The molecule has 0 aliphatic heterocycles. The summed E-state index contributed by atoms with van der Waals surface area (Å²) >= 11 is 0. The number of aryl methyl sites for hydroxylation is 1. The summed E-state index contributed by atoms with van der Waals surface area (Å²) in [6, 6.07) is 11.6. The van der Waals surface area contributed by atoms with E-state index in [2.05, 4.69) is 14.9 Å². The van der Waals surface area contributed by atoms with Crippen molar-refractivity contribution < 1.29 is 14.3 Å². The lowest BCUT2D eigenvalue weighted by molar-refractivity contribution is 0.0602. The van der Waals surface area contributed by atoms with Crippen LogP contribution in [0.15, 0.2) is 42.5 Å². The Morgan fingerprint density at radius 1 is 1.18 bits per heavy atom. The Morgan fingerprint density at radius 2 is 1.95 bits per heavy atom. The van der Waals surface area contributed by atoms with Crippen LogP contribution in [0.3, 0.4) is 0 Å². The highest BCUT2D eigenvalue weighted by Gasteiger charge is 2.15. The first-order valence-electron chi connectivity index (χ1n) is 6.53. The third kappa shape index (κ3) is 3.30. The van der Waals surface area contributed by atoms with Gasteiger partial charge in [0.1, 0.15) is 0 Å². The van der Waals surface area contributed by atoms with Crippen LogP contribution in [-0.2, 0) is 4.74 Å². The predicted molar refractivity (Wildman–Crippen MR) is 83.2 cm³/mol. The van der Waals surface area contributed by atoms with Crippen molar-refractivity contribution >= 4 is 23.3 Å². The van der Waals surface area contributed by atoms with Gasteiger partial charge in [-0.15, -0.1) is 0 Å². The van der Waals surface area contributed by atoms with Crippen molar-refractivity contribution in [2.24, 2.45) is 0 Å². The molecular formula is C17H14N2O3. The number of benzene rings is 2. The molecule has 0 bridgehead atoms. The van der Waals surface area contributed by atoms with Crippen LogP contribution in [0.4, 0.5) is 11.4 Å². The number of rotatable bonds is 3. The van der Waals surface area contributed by atoms with Crippen molar-refractivity contribution in [3.05, 3.63) is 70.6 Å². The Hall–Kier alpha value is -3.13. The standard InChI is InChI=1S/C17H14N2O3/c1-11-5-4-6-12(9-11)16(20)19-15-8-7-13(18-2)10-14(15)17(21)22-3/h4-10H,1,3H3,(H,19,20). The van der Waals surface area contributed by atoms with E-state index in [0.717, 1.165) is 5.56 Å². The number of anilines is 1. The highest BCUT2D eigenvalue weighted by Crippen LogP contribution is 2.24. The molecule has 2 aromatic carbocycles. The second kappa shape index (κ2) is 6.55. The van der Waals surface area contributed by atoms with Gasteiger partial charge in [0.05, 0.1) is 24.9 Å². The van der Waals surface area contributed by atoms with E-state index in [0.29, 0.717) is 16.9 Å². The smallest absolute Gasteiger partial charge is 0.338 e. The van der Waals surface area contributed by atoms with E-state index in [-0.39, 0.29) is 11.5 Å². The summed E-state index contributed by atoms with van der Waals surface area (Å²) in [6.45, 7) is 8.88. The Kier molecular flexibility index (Phi) is 4.54. The molecule has 0 aliphatic rings. The molecule has 0 saturated carbocycles. The Bertz CT molecular complexity index is 776. The zero-order chi connectivity index (χ0) is 16.1. The maximum Gasteiger partial charge on any atom is 0.338 e. The summed E-state index contributed by atoms with van der Waals surface area (Å²) in [5, 5.41) is 2.68. The van der Waals surface area contributed by atoms with Gasteiger partial charge in [-0.3, -0.25) is 4.79 Å². The lowest BCUT2D eigenvalue weighted by Gasteiger charge is -2.10. The van der Waals surface area contributed by atoms with Gasteiger partial charge in [-0.25, -0.2) is 9.64 Å². The van der Waals surface area contributed by atoms with Gasteiger partial charge in [0.15, 0.2) is 5.69 Å². The molecule has 5 heteroatoms. The average Bonchev–Trinajstić information content (AvgIpc) is 2.54. The maximum absolute atomic E-state index is 12.3. The van der Waals surface area contributed by atoms with E-state index < -0.39 is 5.97 Å². The van der Waals surface area contributed by atoms with E-state index in [9.17, 15) is 9.59 Å². The lowest BCUT2D eigenvalue weighted by atomic mass is 10.1. The molecule has 0 unspecified atom stereocenters. The van der Waals surface area contributed by atoms with Crippen LogP contribution in [0.1, 0.15) is 26.3 Å². The molecule has 2 aromatic rings. The second-order valence-corrected chi connectivity index (χ2v) is 4.66. The van der Waals surface area contributed by atoms with Crippen molar-refractivity contribution in [2.45, 2.75) is 6.92 Å². The van der Waals surface area contributed by atoms with Gasteiger partial charge in [0.2, 0.25) is 0 Å². The van der Waals surface area contributed by atoms with Crippen molar-refractivity contribution in [1.29, 1.82) is 0 Å². The van der Waals surface area contributed by atoms with Crippen LogP contribution >= 0.6 is 0 Å². The minimum Gasteiger partial charge on any atom is -0.465 e. The lowest BCUT2D eigenvalue weighted by Crippen LogP contribution is -2.15. The van der Waals surface area contributed by atoms with Gasteiger partial charge < -0.3 is 10.1 Å². The van der Waals surface area contributed by atoms with Gasteiger partial charge in [-0.1, -0.05) is 23.8 Å². The zero-order valence-corrected chi connectivity index (χ0v) is 12.2. The number of ether oxygens (including phenoxy) is 1. The van der Waals surface area contributed by atoms with E-state index in [1.807, 2.05) is 13.0 Å². The number of carbonyl (C=O) groups excluding carboxylic acids is 2. The molecule has 0 atom stereocenters. The quantitative estimate of drug-likeness (QED) is 0.695. The minimum absolute atomic E-state index is 0.150. The molecule has 1 amide bonds. The Labute approximate surface area is 128 Å². The summed E-state index contributed by atoms with van der Waals surface area (Å²) in [4.78, 5) is 27.3. The first-order chi connectivity index (χ1) is 10.5. The highest BCUT2D eigenvalue weighted by molar-refractivity contribution is 6.08. The second-order valence-electron chi connectivity index (χ2n) is 4.66. The van der Waals surface area contributed by atoms with Crippen molar-refractivity contribution in [3.63, 3.8) is 0 Å². The van der Waals surface area contributed by atoms with Crippen molar-refractivity contribution in [3.8, 4) is 0 Å². The van der Waals surface area contributed by atoms with Crippen LogP contribution in [0, 0.1) is 13.5 Å². The number of hydrogen-bond acceptors (Lipinski definition) is 3. The molecule has 0 aliphatic carbocycles. The number of amides is 1. The molecule has 0 saturated heterocycles. The first-order valence-corrected chi connectivity index (χ1v) is 6.53. The first kappa shape index (κ1) is 15.3. The molecule has 0 heterocycles. The summed E-state index contributed by atoms with van der Waals surface area (Å²) < 4.78 is 4.69. The number of nitrogens with zero attached hydrogens (tertiary/aromatic N) is 1. The number of methoxy groups -OCH3 is 1. The molecular weight excluding hydrogens is 280 g/mol. The molecule has 1 N–H and O–H groups in total. The van der Waals surface area contributed by atoms with Crippen LogP contribution in [-0.4, -0.2) is 19.0 Å². The third-order valence-corrected chi connectivity index (χ3v) is 3.07. The number of nitrogens with one attached hydrogen (secondary N) is 1. The summed E-state index contributed by atoms with van der Waals surface area (Å²) in [7, 11) is 1.25. The van der Waals surface area contributed by atoms with Crippen LogP contribution in [0.2, 0.25) is 0 Å². The van der Waals surface area contributed by atoms with Gasteiger partial charge in [0.25, 0.3) is 5.91 Å². The fourth-order valence-corrected chi connectivity index (χ4v) is 1.97. The van der Waals surface area contributed by atoms with Crippen LogP contribution in [0.25, 0.3) is 4.85 Å². The summed E-state index contributed by atoms with van der Waals surface area (Å²) in [5.41, 5.74) is 2.21. The Morgan fingerprint density at radius 3 is 2.59 bits per heavy atom. The summed E-state index contributed by atoms with van der Waals surface area (Å²) in [6.07, 6.45) is 0. The SMILES string of the molecule is [C-]#[N+]c1ccc(NC(=O)c2cccc(C)c2)c(C(=O)OC)c1. The fraction of sp³-hybridized carbons (Fsp3) is 0.118. The minimum atomic E-state index is -0.606. The maximum atomic E-state index is 12.3. The van der Waals surface area contributed by atoms with Crippen molar-refractivity contribution in [2.75, 3.05) is 12.4 Å². The molecule has 22 heavy (non-hydrogen) atoms. The topological polar surface area (TPSA) is 59.8 Å². The van der Waals surface area contributed by atoms with Gasteiger partial charge in [-0.05, 0) is 31.2 Å². The van der Waals surface area contributed by atoms with Gasteiger partial charge >= 0.3 is 5.97 Å². The van der Waals surface area contributed by atoms with E-state index in [1.54, 1.807) is 18.2 Å². The number of hydrogen-bond donors (Lipinski definition) is 1. The van der Waals surface area contributed by atoms with Crippen molar-refractivity contribution in [1.82, 2.24) is 0 Å². The highest BCUT2D eigenvalue weighted by atomic mass is 16.5. The molecule has 0 fully saturated rings. The molecule has 5 nitrogen and oxygen atoms in total. The van der Waals surface area contributed by atoms with E-state index >= 15 is 0 Å². The van der Waals surface area contributed by atoms with Gasteiger partial charge in [-0.2, -0.15) is 0 Å². The fourth-order valence-electron chi connectivity index (χ4n) is 1.97. The molecule has 110 valence electrons. The third-order valence-electron chi connectivity index (χ3n) is 3.07. The van der Waals surface area contributed by atoms with E-state index in [1.165, 1.54) is 25.3 Å². The van der Waals surface area contributed by atoms with E-state index in [4.69, 9.17) is 6.57 Å². The molecule has 0 radical (unpaired) electrons. The largest absolute Gasteiger partial charge is 0.465 e. The number of carbonyl (C=O) groups is 2. The number of esters is 1. The Balaban J connectivity index is 2.35. The average molecular weight is 294 g/mol. The normalized spacial score (nSPS) is 9.68. The summed E-state index contributed by atoms with van der Waals surface area (Å²) in [5.74, 6) is -0.936.